The maximum atomic E-state index is 12.4. The van der Waals surface area contributed by atoms with Crippen molar-refractivity contribution in [2.75, 3.05) is 5.32 Å². The number of aliphatic carboxylic acids is 1. The Balaban J connectivity index is 1.22. The molecule has 3 amide bonds. The molecular weight excluding hydrogens is 570 g/mol. The molecule has 13 heteroatoms. The van der Waals surface area contributed by atoms with Gasteiger partial charge in [0, 0.05) is 17.1 Å². The summed E-state index contributed by atoms with van der Waals surface area (Å²) in [6.07, 6.45) is 1.96. The van der Waals surface area contributed by atoms with Gasteiger partial charge in [-0.05, 0) is 29.3 Å². The number of ether oxygens (including phenoxy) is 1. The molecule has 3 aromatic carbocycles. The van der Waals surface area contributed by atoms with Crippen molar-refractivity contribution in [1.29, 1.82) is 0 Å². The number of urea groups is 1. The number of carboxylic acid groups (broad SMARTS) is 1. The molecule has 0 radical (unpaired) electrons. The van der Waals surface area contributed by atoms with Gasteiger partial charge < -0.3 is 30.4 Å². The van der Waals surface area contributed by atoms with Crippen LogP contribution in [-0.2, 0) is 29.2 Å². The van der Waals surface area contributed by atoms with Gasteiger partial charge in [0.15, 0.2) is 5.65 Å². The number of alkyl carbamates (subject to hydrolysis) is 1. The number of carbonyl (C=O) groups is 3. The molecule has 0 spiro atoms. The fourth-order valence-electron chi connectivity index (χ4n) is 4.06. The number of imidazole rings is 1. The number of rotatable bonds is 11. The first kappa shape index (κ1) is 29.1. The predicted molar refractivity (Wildman–Crippen MR) is 159 cm³/mol. The molecule has 0 aliphatic heterocycles. The van der Waals surface area contributed by atoms with Gasteiger partial charge in [-0.25, -0.2) is 29.3 Å². The number of anilines is 1. The number of carboxylic acids is 1. The van der Waals surface area contributed by atoms with Gasteiger partial charge in [0.25, 0.3) is 0 Å². The molecule has 0 saturated heterocycles. The number of nitrogens with one attached hydrogen (secondary N) is 3. The molecule has 5 aromatic rings. The highest BCUT2D eigenvalue weighted by atomic mass is 32.2. The van der Waals surface area contributed by atoms with Crippen LogP contribution in [0.25, 0.3) is 11.2 Å². The predicted octanol–water partition coefficient (Wildman–Crippen LogP) is 4.68. The van der Waals surface area contributed by atoms with Gasteiger partial charge in [-0.15, -0.1) is 0 Å². The minimum absolute atomic E-state index is 0.00983. The van der Waals surface area contributed by atoms with Gasteiger partial charge in [0.1, 0.15) is 29.5 Å². The third kappa shape index (κ3) is 8.07. The summed E-state index contributed by atoms with van der Waals surface area (Å²) in [7, 11) is 0. The SMILES string of the molecule is O=C(NCc1ccccc1)Nc1cccc(Sc2ncnc3c2ncn3C[C@H](NC(=O)OCc2ccccc2)C(=O)O)c1. The average Bonchev–Trinajstić information content (AvgIpc) is 3.43. The van der Waals surface area contributed by atoms with Crippen molar-refractivity contribution in [1.82, 2.24) is 30.2 Å². The van der Waals surface area contributed by atoms with E-state index in [9.17, 15) is 19.5 Å². The van der Waals surface area contributed by atoms with E-state index in [-0.39, 0.29) is 19.2 Å². The van der Waals surface area contributed by atoms with Gasteiger partial charge in [-0.1, -0.05) is 78.5 Å². The van der Waals surface area contributed by atoms with E-state index in [1.54, 1.807) is 18.2 Å². The van der Waals surface area contributed by atoms with E-state index in [1.807, 2.05) is 66.7 Å². The zero-order chi connectivity index (χ0) is 30.0. The molecule has 43 heavy (non-hydrogen) atoms. The summed E-state index contributed by atoms with van der Waals surface area (Å²) in [6.45, 7) is 0.274. The monoisotopic (exact) mass is 597 g/mol. The first-order chi connectivity index (χ1) is 20.9. The van der Waals surface area contributed by atoms with Crippen LogP contribution in [0.4, 0.5) is 15.3 Å². The lowest BCUT2D eigenvalue weighted by atomic mass is 10.2. The minimum atomic E-state index is -1.29. The second-order valence-corrected chi connectivity index (χ2v) is 10.3. The largest absolute Gasteiger partial charge is 0.480 e. The summed E-state index contributed by atoms with van der Waals surface area (Å²) >= 11 is 1.32. The quantitative estimate of drug-likeness (QED) is 0.159. The zero-order valence-corrected chi connectivity index (χ0v) is 23.5. The number of fused-ring (bicyclic) bond motifs is 1. The fraction of sp³-hybridized carbons (Fsp3) is 0.133. The van der Waals surface area contributed by atoms with E-state index in [2.05, 4.69) is 30.9 Å². The fourth-order valence-corrected chi connectivity index (χ4v) is 4.96. The molecule has 1 atom stereocenters. The van der Waals surface area contributed by atoms with Gasteiger partial charge in [-0.2, -0.15) is 0 Å². The molecule has 218 valence electrons. The molecule has 5 rings (SSSR count). The molecule has 12 nitrogen and oxygen atoms in total. The van der Waals surface area contributed by atoms with Crippen molar-refractivity contribution in [2.24, 2.45) is 0 Å². The first-order valence-corrected chi connectivity index (χ1v) is 14.0. The number of aromatic nitrogens is 4. The molecular formula is C30H27N7O5S. The van der Waals surface area contributed by atoms with E-state index in [0.29, 0.717) is 28.4 Å². The Bertz CT molecular complexity index is 1720. The Morgan fingerprint density at radius 2 is 1.65 bits per heavy atom. The van der Waals surface area contributed by atoms with Gasteiger partial charge >= 0.3 is 18.1 Å². The van der Waals surface area contributed by atoms with E-state index < -0.39 is 18.1 Å². The van der Waals surface area contributed by atoms with Crippen LogP contribution in [0.3, 0.4) is 0 Å². The molecule has 0 aliphatic carbocycles. The Labute approximate surface area is 250 Å². The molecule has 0 bridgehead atoms. The van der Waals surface area contributed by atoms with Gasteiger partial charge in [0.2, 0.25) is 0 Å². The van der Waals surface area contributed by atoms with Crippen molar-refractivity contribution in [2.45, 2.75) is 35.7 Å². The summed E-state index contributed by atoms with van der Waals surface area (Å²) in [4.78, 5) is 50.5. The summed E-state index contributed by atoms with van der Waals surface area (Å²) < 4.78 is 6.71. The number of hydrogen-bond donors (Lipinski definition) is 4. The van der Waals surface area contributed by atoms with Crippen molar-refractivity contribution in [3.8, 4) is 0 Å². The maximum Gasteiger partial charge on any atom is 0.408 e. The number of amides is 3. The number of nitrogens with zero attached hydrogens (tertiary/aromatic N) is 4. The highest BCUT2D eigenvalue weighted by Gasteiger charge is 2.23. The summed E-state index contributed by atoms with van der Waals surface area (Å²) in [5.41, 5.74) is 3.23. The minimum Gasteiger partial charge on any atom is -0.480 e. The van der Waals surface area contributed by atoms with Crippen LogP contribution in [0.2, 0.25) is 0 Å². The molecule has 2 heterocycles. The molecule has 4 N–H and O–H groups in total. The van der Waals surface area contributed by atoms with E-state index >= 15 is 0 Å². The number of hydrogen-bond acceptors (Lipinski definition) is 8. The second kappa shape index (κ2) is 14.0. The van der Waals surface area contributed by atoms with Crippen LogP contribution in [0.1, 0.15) is 11.1 Å². The number of carbonyl (C=O) groups excluding carboxylic acids is 2. The van der Waals surface area contributed by atoms with Crippen LogP contribution in [0, 0.1) is 0 Å². The molecule has 0 aliphatic rings. The normalized spacial score (nSPS) is 11.4. The second-order valence-electron chi connectivity index (χ2n) is 9.27. The molecule has 0 saturated carbocycles. The van der Waals surface area contributed by atoms with E-state index in [4.69, 9.17) is 4.74 Å². The van der Waals surface area contributed by atoms with Gasteiger partial charge in [0.05, 0.1) is 12.9 Å². The lowest BCUT2D eigenvalue weighted by Crippen LogP contribution is -2.43. The zero-order valence-electron chi connectivity index (χ0n) is 22.7. The first-order valence-electron chi connectivity index (χ1n) is 13.2. The lowest BCUT2D eigenvalue weighted by molar-refractivity contribution is -0.139. The average molecular weight is 598 g/mol. The highest BCUT2D eigenvalue weighted by molar-refractivity contribution is 7.99. The third-order valence-electron chi connectivity index (χ3n) is 6.15. The number of benzene rings is 3. The molecule has 0 fully saturated rings. The summed E-state index contributed by atoms with van der Waals surface area (Å²) in [5.74, 6) is -1.24. The van der Waals surface area contributed by atoms with Crippen LogP contribution in [-0.4, -0.2) is 48.8 Å². The van der Waals surface area contributed by atoms with Crippen molar-refractivity contribution < 1.29 is 24.2 Å². The summed E-state index contributed by atoms with van der Waals surface area (Å²) in [6, 6.07) is 24.3. The maximum absolute atomic E-state index is 12.4. The van der Waals surface area contributed by atoms with Crippen LogP contribution in [0.15, 0.2) is 108 Å². The Hall–Kier alpha value is -5.43. The topological polar surface area (TPSA) is 160 Å². The van der Waals surface area contributed by atoms with Crippen molar-refractivity contribution in [3.63, 3.8) is 0 Å². The van der Waals surface area contributed by atoms with Crippen LogP contribution in [0.5, 0.6) is 0 Å². The van der Waals surface area contributed by atoms with Crippen molar-refractivity contribution in [3.05, 3.63) is 109 Å². The lowest BCUT2D eigenvalue weighted by Gasteiger charge is -2.15. The standard InChI is InChI=1S/C30H27N7O5S/c38-28(39)24(36-30(41)42-17-21-10-5-2-6-11-21)16-37-19-34-25-26(37)32-18-33-27(25)43-23-13-7-12-22(14-23)35-29(40)31-15-20-8-3-1-4-9-20/h1-14,18-19,24H,15-17H2,(H,36,41)(H,38,39)(H2,31,35,40)/t24-/m0/s1. The Kier molecular flexibility index (Phi) is 9.44. The summed E-state index contributed by atoms with van der Waals surface area (Å²) in [5, 5.41) is 18.3. The smallest absolute Gasteiger partial charge is 0.408 e. The van der Waals surface area contributed by atoms with E-state index in [0.717, 1.165) is 16.0 Å². The van der Waals surface area contributed by atoms with E-state index in [1.165, 1.54) is 29.0 Å². The molecule has 2 aromatic heterocycles. The van der Waals surface area contributed by atoms with Crippen LogP contribution < -0.4 is 16.0 Å². The molecule has 0 unspecified atom stereocenters. The highest BCUT2D eigenvalue weighted by Crippen LogP contribution is 2.31. The van der Waals surface area contributed by atoms with Crippen molar-refractivity contribution >= 4 is 46.7 Å². The van der Waals surface area contributed by atoms with Crippen LogP contribution >= 0.6 is 11.8 Å². The van der Waals surface area contributed by atoms with Gasteiger partial charge in [-0.3, -0.25) is 0 Å². The Morgan fingerprint density at radius 1 is 0.907 bits per heavy atom. The third-order valence-corrected chi connectivity index (χ3v) is 7.13. The Morgan fingerprint density at radius 3 is 2.40 bits per heavy atom.